The van der Waals surface area contributed by atoms with Crippen LogP contribution in [0.25, 0.3) is 0 Å². The molecule has 0 saturated heterocycles. The second-order valence-corrected chi connectivity index (χ2v) is 1.84. The van der Waals surface area contributed by atoms with Crippen molar-refractivity contribution in [2.75, 3.05) is 7.05 Å². The van der Waals surface area contributed by atoms with E-state index in [9.17, 15) is 4.79 Å². The van der Waals surface area contributed by atoms with E-state index in [0.717, 1.165) is 6.21 Å². The number of amidine groups is 2. The third-order valence-electron chi connectivity index (χ3n) is 1.00. The zero-order valence-electron chi connectivity index (χ0n) is 6.27. The van der Waals surface area contributed by atoms with E-state index in [1.807, 2.05) is 0 Å². The number of amides is 1. The van der Waals surface area contributed by atoms with Crippen molar-refractivity contribution in [3.63, 3.8) is 0 Å². The highest BCUT2D eigenvalue weighted by Gasteiger charge is 2.13. The van der Waals surface area contributed by atoms with Crippen LogP contribution in [-0.2, 0) is 4.79 Å². The smallest absolute Gasteiger partial charge is 0.268 e. The van der Waals surface area contributed by atoms with Crippen molar-refractivity contribution >= 4 is 23.8 Å². The molecular weight excluding hydrogens is 160 g/mol. The van der Waals surface area contributed by atoms with Crippen LogP contribution in [0.2, 0.25) is 0 Å². The lowest BCUT2D eigenvalue weighted by Gasteiger charge is -2.05. The summed E-state index contributed by atoms with van der Waals surface area (Å²) in [7, 11) is 1.44. The minimum atomic E-state index is -0.438. The first kappa shape index (κ1) is 8.18. The van der Waals surface area contributed by atoms with Crippen LogP contribution in [0.3, 0.4) is 0 Å². The molecule has 1 heterocycles. The number of aliphatic imine (C=N–C) groups is 1. The minimum absolute atomic E-state index is 0.0419. The standard InChI is InChI=1S/C5H6N6O/c1-7-11-10-5-4(6)9-3(12)2-8-5/h2H,1H3,(H2,6,9,12)/b10-5+,11-7?. The summed E-state index contributed by atoms with van der Waals surface area (Å²) >= 11 is 0. The molecule has 62 valence electrons. The molecule has 0 aromatic rings. The lowest BCUT2D eigenvalue weighted by Crippen LogP contribution is -2.39. The molecule has 0 bridgehead atoms. The first-order chi connectivity index (χ1) is 5.74. The van der Waals surface area contributed by atoms with Gasteiger partial charge in [-0.05, 0) is 5.22 Å². The summed E-state index contributed by atoms with van der Waals surface area (Å²) in [5.74, 6) is -0.567. The van der Waals surface area contributed by atoms with Gasteiger partial charge in [0.25, 0.3) is 5.91 Å². The van der Waals surface area contributed by atoms with Gasteiger partial charge >= 0.3 is 0 Å². The lowest BCUT2D eigenvalue weighted by atomic mass is 10.4. The zero-order valence-corrected chi connectivity index (χ0v) is 6.27. The SMILES string of the molecule is CN=N/N=C1/N=CC(=O)NC1=N. The van der Waals surface area contributed by atoms with Crippen molar-refractivity contribution in [3.05, 3.63) is 0 Å². The highest BCUT2D eigenvalue weighted by Crippen LogP contribution is 1.89. The van der Waals surface area contributed by atoms with Gasteiger partial charge in [0.2, 0.25) is 5.84 Å². The van der Waals surface area contributed by atoms with E-state index in [0.29, 0.717) is 0 Å². The first-order valence-electron chi connectivity index (χ1n) is 3.05. The van der Waals surface area contributed by atoms with Crippen LogP contribution in [-0.4, -0.2) is 30.8 Å². The number of rotatable bonds is 1. The maximum Gasteiger partial charge on any atom is 0.268 e. The van der Waals surface area contributed by atoms with Gasteiger partial charge in [0.05, 0.1) is 13.3 Å². The van der Waals surface area contributed by atoms with Crippen LogP contribution in [0.5, 0.6) is 0 Å². The van der Waals surface area contributed by atoms with Crippen LogP contribution < -0.4 is 5.32 Å². The number of carbonyl (C=O) groups is 1. The van der Waals surface area contributed by atoms with Gasteiger partial charge in [-0.15, -0.1) is 5.10 Å². The molecule has 1 aliphatic rings. The Morgan fingerprint density at radius 3 is 3.00 bits per heavy atom. The van der Waals surface area contributed by atoms with Gasteiger partial charge in [0.1, 0.15) is 0 Å². The van der Waals surface area contributed by atoms with E-state index in [1.54, 1.807) is 0 Å². The molecule has 0 aliphatic carbocycles. The van der Waals surface area contributed by atoms with E-state index in [2.05, 4.69) is 25.7 Å². The molecule has 0 aromatic heterocycles. The third kappa shape index (κ3) is 1.78. The molecule has 1 rings (SSSR count). The summed E-state index contributed by atoms with van der Waals surface area (Å²) in [6.07, 6.45) is 1.03. The van der Waals surface area contributed by atoms with Gasteiger partial charge in [0, 0.05) is 0 Å². The van der Waals surface area contributed by atoms with E-state index in [4.69, 9.17) is 5.41 Å². The summed E-state index contributed by atoms with van der Waals surface area (Å²) in [6.45, 7) is 0. The molecule has 0 fully saturated rings. The summed E-state index contributed by atoms with van der Waals surface area (Å²) in [4.78, 5) is 14.1. The topological polar surface area (TPSA) is 102 Å². The van der Waals surface area contributed by atoms with Crippen LogP contribution in [0, 0.1) is 5.41 Å². The number of nitrogens with one attached hydrogen (secondary N) is 2. The molecule has 0 spiro atoms. The summed E-state index contributed by atoms with van der Waals surface area (Å²) in [5.41, 5.74) is 0. The second-order valence-electron chi connectivity index (χ2n) is 1.84. The quantitative estimate of drug-likeness (QED) is 0.400. The molecule has 0 saturated carbocycles. The predicted octanol–water partition coefficient (Wildman–Crippen LogP) is -0.440. The van der Waals surface area contributed by atoms with E-state index in [1.165, 1.54) is 7.05 Å². The Labute approximate surface area is 67.8 Å². The van der Waals surface area contributed by atoms with Crippen LogP contribution >= 0.6 is 0 Å². The Kier molecular flexibility index (Phi) is 2.36. The lowest BCUT2D eigenvalue weighted by molar-refractivity contribution is -0.113. The Morgan fingerprint density at radius 2 is 2.42 bits per heavy atom. The summed E-state index contributed by atoms with van der Waals surface area (Å²) in [6, 6.07) is 0. The Bertz CT molecular complexity index is 301. The van der Waals surface area contributed by atoms with Crippen molar-refractivity contribution in [2.24, 2.45) is 20.4 Å². The fourth-order valence-electron chi connectivity index (χ4n) is 0.559. The first-order valence-corrected chi connectivity index (χ1v) is 3.05. The second kappa shape index (κ2) is 3.46. The van der Waals surface area contributed by atoms with Crippen LogP contribution in [0.1, 0.15) is 0 Å². The number of hydrogen-bond donors (Lipinski definition) is 2. The zero-order chi connectivity index (χ0) is 8.97. The number of carbonyl (C=O) groups excluding carboxylic acids is 1. The van der Waals surface area contributed by atoms with Crippen molar-refractivity contribution in [1.82, 2.24) is 5.32 Å². The largest absolute Gasteiger partial charge is 0.303 e. The molecule has 1 aliphatic heterocycles. The molecule has 1 amide bonds. The van der Waals surface area contributed by atoms with Gasteiger partial charge in [-0.3, -0.25) is 10.2 Å². The van der Waals surface area contributed by atoms with E-state index < -0.39 is 5.91 Å². The molecule has 0 aromatic carbocycles. The van der Waals surface area contributed by atoms with Gasteiger partial charge in [-0.1, -0.05) is 0 Å². The van der Waals surface area contributed by atoms with Gasteiger partial charge in [0.15, 0.2) is 5.84 Å². The predicted molar refractivity (Wildman–Crippen MR) is 42.6 cm³/mol. The van der Waals surface area contributed by atoms with Crippen molar-refractivity contribution < 1.29 is 4.79 Å². The fraction of sp³-hybridized carbons (Fsp3) is 0.200. The fourth-order valence-corrected chi connectivity index (χ4v) is 0.559. The Hall–Kier alpha value is -1.92. The van der Waals surface area contributed by atoms with Crippen molar-refractivity contribution in [2.45, 2.75) is 0 Å². The van der Waals surface area contributed by atoms with E-state index >= 15 is 0 Å². The Balaban J connectivity index is 2.86. The van der Waals surface area contributed by atoms with Gasteiger partial charge in [-0.2, -0.15) is 5.11 Å². The normalized spacial score (nSPS) is 20.6. The van der Waals surface area contributed by atoms with Crippen molar-refractivity contribution in [3.8, 4) is 0 Å². The highest BCUT2D eigenvalue weighted by atomic mass is 16.1. The summed E-state index contributed by atoms with van der Waals surface area (Å²) < 4.78 is 0. The van der Waals surface area contributed by atoms with Gasteiger partial charge in [-0.25, -0.2) is 4.99 Å². The Morgan fingerprint density at radius 1 is 1.67 bits per heavy atom. The molecule has 0 radical (unpaired) electrons. The third-order valence-corrected chi connectivity index (χ3v) is 1.00. The average Bonchev–Trinajstić information content (AvgIpc) is 2.03. The number of nitrogens with zero attached hydrogens (tertiary/aromatic N) is 4. The molecule has 2 N–H and O–H groups in total. The molecule has 0 unspecified atom stereocenters. The summed E-state index contributed by atoms with van der Waals surface area (Å²) in [5, 5.41) is 19.4. The van der Waals surface area contributed by atoms with Crippen molar-refractivity contribution in [1.29, 1.82) is 5.41 Å². The average molecular weight is 166 g/mol. The molecule has 7 heteroatoms. The maximum absolute atomic E-state index is 10.6. The molecular formula is C5H6N6O. The minimum Gasteiger partial charge on any atom is -0.303 e. The van der Waals surface area contributed by atoms with Gasteiger partial charge < -0.3 is 5.32 Å². The van der Waals surface area contributed by atoms with Crippen LogP contribution in [0.15, 0.2) is 20.4 Å². The van der Waals surface area contributed by atoms with Crippen LogP contribution in [0.4, 0.5) is 0 Å². The molecule has 12 heavy (non-hydrogen) atoms. The highest BCUT2D eigenvalue weighted by molar-refractivity contribution is 6.51. The van der Waals surface area contributed by atoms with E-state index in [-0.39, 0.29) is 11.7 Å². The maximum atomic E-state index is 10.6. The monoisotopic (exact) mass is 166 g/mol. The molecule has 7 nitrogen and oxygen atoms in total. The molecule has 0 atom stereocenters. The number of hydrogen-bond acceptors (Lipinski definition) is 4.